The third kappa shape index (κ3) is 3.52. The van der Waals surface area contributed by atoms with Crippen LogP contribution < -0.4 is 5.32 Å². The molecule has 1 N–H and O–H groups in total. The van der Waals surface area contributed by atoms with Crippen LogP contribution in [0.15, 0.2) is 24.3 Å². The molecule has 0 amide bonds. The van der Waals surface area contributed by atoms with Gasteiger partial charge in [-0.2, -0.15) is 11.8 Å². The molecule has 1 aromatic rings. The van der Waals surface area contributed by atoms with E-state index >= 15 is 0 Å². The molecule has 1 saturated carbocycles. The van der Waals surface area contributed by atoms with Crippen LogP contribution in [0.1, 0.15) is 43.7 Å². The normalized spacial score (nSPS) is 23.8. The molecule has 0 saturated heterocycles. The van der Waals surface area contributed by atoms with Gasteiger partial charge >= 0.3 is 0 Å². The fourth-order valence-electron chi connectivity index (χ4n) is 2.44. The molecule has 2 heteroatoms. The molecule has 100 valence electrons. The summed E-state index contributed by atoms with van der Waals surface area (Å²) in [5.41, 5.74) is 2.91. The van der Waals surface area contributed by atoms with Gasteiger partial charge < -0.3 is 5.32 Å². The van der Waals surface area contributed by atoms with Crippen LogP contribution in [0.25, 0.3) is 0 Å². The van der Waals surface area contributed by atoms with Crippen molar-refractivity contribution in [2.24, 2.45) is 0 Å². The molecule has 1 aliphatic rings. The lowest BCUT2D eigenvalue weighted by molar-refractivity contribution is 0.286. The van der Waals surface area contributed by atoms with Crippen molar-refractivity contribution >= 4 is 11.8 Å². The predicted octanol–water partition coefficient (Wildman–Crippen LogP) is 3.97. The van der Waals surface area contributed by atoms with Gasteiger partial charge in [-0.1, -0.05) is 29.8 Å². The van der Waals surface area contributed by atoms with Gasteiger partial charge in [-0.3, -0.25) is 0 Å². The summed E-state index contributed by atoms with van der Waals surface area (Å²) in [6, 6.07) is 9.70. The molecule has 1 aromatic carbocycles. The largest absolute Gasteiger partial charge is 0.313 e. The number of thioether (sulfide) groups is 1. The Labute approximate surface area is 116 Å². The number of hydrogen-bond donors (Lipinski definition) is 1. The van der Waals surface area contributed by atoms with Crippen LogP contribution >= 0.6 is 11.8 Å². The third-order valence-electron chi connectivity index (χ3n) is 4.02. The molecule has 0 radical (unpaired) electrons. The molecule has 0 spiro atoms. The highest BCUT2D eigenvalue weighted by atomic mass is 32.2. The van der Waals surface area contributed by atoms with E-state index in [0.29, 0.717) is 4.75 Å². The molecule has 18 heavy (non-hydrogen) atoms. The highest BCUT2D eigenvalue weighted by Crippen LogP contribution is 2.37. The van der Waals surface area contributed by atoms with E-state index in [1.807, 2.05) is 11.8 Å². The van der Waals surface area contributed by atoms with E-state index in [1.54, 1.807) is 0 Å². The summed E-state index contributed by atoms with van der Waals surface area (Å²) in [7, 11) is 0. The lowest BCUT2D eigenvalue weighted by Crippen LogP contribution is -2.45. The Balaban J connectivity index is 1.77. The van der Waals surface area contributed by atoms with Crippen molar-refractivity contribution in [3.8, 4) is 0 Å². The fraction of sp³-hybridized carbons (Fsp3) is 0.625. The highest BCUT2D eigenvalue weighted by Gasteiger charge is 2.31. The van der Waals surface area contributed by atoms with Gasteiger partial charge in [0.1, 0.15) is 0 Å². The number of aryl methyl sites for hydroxylation is 1. The van der Waals surface area contributed by atoms with Gasteiger partial charge in [-0.15, -0.1) is 0 Å². The first kappa shape index (κ1) is 14.0. The average molecular weight is 263 g/mol. The van der Waals surface area contributed by atoms with Gasteiger partial charge in [0.25, 0.3) is 0 Å². The van der Waals surface area contributed by atoms with E-state index in [2.05, 4.69) is 56.6 Å². The minimum Gasteiger partial charge on any atom is -0.313 e. The smallest absolute Gasteiger partial charge is 0.0225 e. The Morgan fingerprint density at radius 2 is 2.06 bits per heavy atom. The van der Waals surface area contributed by atoms with Crippen LogP contribution in [0.3, 0.4) is 0 Å². The van der Waals surface area contributed by atoms with Crippen LogP contribution in [0, 0.1) is 6.92 Å². The zero-order valence-electron chi connectivity index (χ0n) is 12.0. The second-order valence-electron chi connectivity index (χ2n) is 6.12. The lowest BCUT2D eigenvalue weighted by atomic mass is 9.75. The van der Waals surface area contributed by atoms with E-state index in [9.17, 15) is 0 Å². The van der Waals surface area contributed by atoms with Crippen molar-refractivity contribution < 1.29 is 0 Å². The van der Waals surface area contributed by atoms with E-state index in [-0.39, 0.29) is 0 Å². The lowest BCUT2D eigenvalue weighted by Gasteiger charge is -2.38. The number of hydrogen-bond acceptors (Lipinski definition) is 2. The first-order valence-electron chi connectivity index (χ1n) is 6.85. The van der Waals surface area contributed by atoms with Gasteiger partial charge in [0.15, 0.2) is 0 Å². The molecule has 0 atom stereocenters. The minimum absolute atomic E-state index is 0.356. The van der Waals surface area contributed by atoms with Gasteiger partial charge in [0, 0.05) is 17.3 Å². The van der Waals surface area contributed by atoms with E-state index < -0.39 is 0 Å². The summed E-state index contributed by atoms with van der Waals surface area (Å²) in [4.78, 5) is 0. The molecular weight excluding hydrogens is 238 g/mol. The monoisotopic (exact) mass is 263 g/mol. The molecule has 0 aromatic heterocycles. The van der Waals surface area contributed by atoms with Crippen LogP contribution in [-0.2, 0) is 0 Å². The van der Waals surface area contributed by atoms with Crippen molar-refractivity contribution in [1.82, 2.24) is 5.32 Å². The van der Waals surface area contributed by atoms with Gasteiger partial charge in [0.2, 0.25) is 0 Å². The van der Waals surface area contributed by atoms with E-state index in [0.717, 1.165) is 18.5 Å². The Bertz CT molecular complexity index is 394. The summed E-state index contributed by atoms with van der Waals surface area (Å²) < 4.78 is 0.356. The second kappa shape index (κ2) is 5.66. The molecule has 0 bridgehead atoms. The maximum absolute atomic E-state index is 3.70. The Morgan fingerprint density at radius 1 is 1.33 bits per heavy atom. The zero-order valence-corrected chi connectivity index (χ0v) is 12.8. The van der Waals surface area contributed by atoms with Crippen LogP contribution in [0.5, 0.6) is 0 Å². The Morgan fingerprint density at radius 3 is 2.67 bits per heavy atom. The fourth-order valence-corrected chi connectivity index (χ4v) is 2.67. The maximum Gasteiger partial charge on any atom is 0.0225 e. The van der Waals surface area contributed by atoms with Crippen molar-refractivity contribution in [2.45, 2.75) is 50.3 Å². The number of benzene rings is 1. The molecule has 0 aliphatic heterocycles. The highest BCUT2D eigenvalue weighted by molar-refractivity contribution is 7.99. The van der Waals surface area contributed by atoms with Crippen molar-refractivity contribution in [3.05, 3.63) is 35.4 Å². The standard InChI is InChI=1S/C16H25NS/c1-12-6-5-7-13(8-12)14-9-15(10-14)17-11-16(2,3)18-4/h5-8,14-15,17H,9-11H2,1-4H3. The Kier molecular flexibility index (Phi) is 4.39. The van der Waals surface area contributed by atoms with Crippen molar-refractivity contribution in [2.75, 3.05) is 12.8 Å². The van der Waals surface area contributed by atoms with Crippen molar-refractivity contribution in [1.29, 1.82) is 0 Å². The molecule has 0 unspecified atom stereocenters. The second-order valence-corrected chi connectivity index (χ2v) is 7.64. The summed E-state index contributed by atoms with van der Waals surface area (Å²) >= 11 is 1.94. The van der Waals surface area contributed by atoms with Crippen LogP contribution in [-0.4, -0.2) is 23.6 Å². The van der Waals surface area contributed by atoms with E-state index in [1.165, 1.54) is 24.0 Å². The first-order chi connectivity index (χ1) is 8.50. The zero-order chi connectivity index (χ0) is 13.2. The van der Waals surface area contributed by atoms with E-state index in [4.69, 9.17) is 0 Å². The molecule has 1 fully saturated rings. The summed E-state index contributed by atoms with van der Waals surface area (Å²) in [6.45, 7) is 7.90. The van der Waals surface area contributed by atoms with Gasteiger partial charge in [0.05, 0.1) is 0 Å². The molecule has 1 nitrogen and oxygen atoms in total. The Hall–Kier alpha value is -0.470. The summed E-state index contributed by atoms with van der Waals surface area (Å²) in [6.07, 6.45) is 4.79. The molecule has 1 aliphatic carbocycles. The van der Waals surface area contributed by atoms with Gasteiger partial charge in [-0.25, -0.2) is 0 Å². The SMILES string of the molecule is CSC(C)(C)CNC1CC(c2cccc(C)c2)C1. The quantitative estimate of drug-likeness (QED) is 0.862. The molecule has 2 rings (SSSR count). The summed E-state index contributed by atoms with van der Waals surface area (Å²) in [5.74, 6) is 0.778. The van der Waals surface area contributed by atoms with Crippen LogP contribution in [0.2, 0.25) is 0 Å². The van der Waals surface area contributed by atoms with Crippen molar-refractivity contribution in [3.63, 3.8) is 0 Å². The number of rotatable bonds is 5. The van der Waals surface area contributed by atoms with Gasteiger partial charge in [-0.05, 0) is 51.3 Å². The maximum atomic E-state index is 3.70. The number of nitrogens with one attached hydrogen (secondary N) is 1. The molecule has 0 heterocycles. The molecular formula is C16H25NS. The topological polar surface area (TPSA) is 12.0 Å². The predicted molar refractivity (Wildman–Crippen MR) is 82.5 cm³/mol. The average Bonchev–Trinajstić information content (AvgIpc) is 2.27. The first-order valence-corrected chi connectivity index (χ1v) is 8.08. The summed E-state index contributed by atoms with van der Waals surface area (Å²) in [5, 5.41) is 3.70. The third-order valence-corrected chi connectivity index (χ3v) is 5.27. The van der Waals surface area contributed by atoms with Crippen LogP contribution in [0.4, 0.5) is 0 Å². The minimum atomic E-state index is 0.356.